The summed E-state index contributed by atoms with van der Waals surface area (Å²) in [5, 5.41) is 0. The first-order valence-electron chi connectivity index (χ1n) is 14.8. The van der Waals surface area contributed by atoms with Crippen LogP contribution in [-0.4, -0.2) is 19.5 Å². The van der Waals surface area contributed by atoms with Crippen LogP contribution in [0.4, 0.5) is 0 Å². The largest absolute Gasteiger partial charge is 0.490 e. The maximum absolute atomic E-state index is 6.41. The molecule has 0 N–H and O–H groups in total. The normalized spacial score (nSPS) is 13.4. The van der Waals surface area contributed by atoms with E-state index in [1.807, 2.05) is 19.1 Å². The molecule has 4 rings (SSSR count). The smallest absolute Gasteiger partial charge is 0.197 e. The predicted octanol–water partition coefficient (Wildman–Crippen LogP) is 10.4. The lowest BCUT2D eigenvalue weighted by Crippen LogP contribution is -2.24. The van der Waals surface area contributed by atoms with Crippen molar-refractivity contribution in [1.29, 1.82) is 0 Å². The highest BCUT2D eigenvalue weighted by atomic mass is 16.7. The van der Waals surface area contributed by atoms with Gasteiger partial charge >= 0.3 is 0 Å². The van der Waals surface area contributed by atoms with Crippen molar-refractivity contribution in [3.63, 3.8) is 0 Å². The summed E-state index contributed by atoms with van der Waals surface area (Å²) in [4.78, 5) is 0. The molecular weight excluding hydrogens is 504 g/mol. The average Bonchev–Trinajstić information content (AvgIpc) is 2.94. The maximum atomic E-state index is 6.41. The van der Waals surface area contributed by atoms with E-state index >= 15 is 0 Å². The van der Waals surface area contributed by atoms with Crippen LogP contribution in [0.2, 0.25) is 0 Å². The topological polar surface area (TPSA) is 27.7 Å². The third-order valence-electron chi connectivity index (χ3n) is 7.31. The van der Waals surface area contributed by atoms with Crippen molar-refractivity contribution in [3.05, 3.63) is 109 Å². The van der Waals surface area contributed by atoms with Gasteiger partial charge in [0.2, 0.25) is 0 Å². The zero-order valence-electron chi connectivity index (χ0n) is 25.8. The molecule has 0 aliphatic carbocycles. The molecule has 3 heteroatoms. The van der Waals surface area contributed by atoms with E-state index in [9.17, 15) is 0 Å². The molecule has 0 aromatic heterocycles. The highest BCUT2D eigenvalue weighted by Gasteiger charge is 2.30. The monoisotopic (exact) mass is 550 g/mol. The Morgan fingerprint density at radius 2 is 1.15 bits per heavy atom. The van der Waals surface area contributed by atoms with Crippen molar-refractivity contribution in [2.75, 3.05) is 13.2 Å². The van der Waals surface area contributed by atoms with E-state index in [0.29, 0.717) is 19.1 Å². The van der Waals surface area contributed by atoms with Gasteiger partial charge in [-0.25, -0.2) is 0 Å². The number of hydrogen-bond donors (Lipinski definition) is 0. The molecular formula is C38H46O3. The average molecular weight is 551 g/mol. The van der Waals surface area contributed by atoms with Gasteiger partial charge in [0.25, 0.3) is 0 Å². The summed E-state index contributed by atoms with van der Waals surface area (Å²) in [5.41, 5.74) is 6.18. The third-order valence-corrected chi connectivity index (χ3v) is 7.31. The van der Waals surface area contributed by atoms with Crippen molar-refractivity contribution < 1.29 is 14.2 Å². The number of para-hydroxylation sites is 1. The molecule has 0 aliphatic heterocycles. The molecule has 0 bridgehead atoms. The number of rotatable bonds is 11. The fourth-order valence-corrected chi connectivity index (χ4v) is 5.28. The summed E-state index contributed by atoms with van der Waals surface area (Å²) >= 11 is 0. The van der Waals surface area contributed by atoms with E-state index < -0.39 is 6.29 Å². The van der Waals surface area contributed by atoms with Crippen LogP contribution in [-0.2, 0) is 4.74 Å². The molecule has 2 unspecified atom stereocenters. The van der Waals surface area contributed by atoms with E-state index in [0.717, 1.165) is 40.2 Å². The molecule has 0 amide bonds. The molecule has 0 aliphatic rings. The van der Waals surface area contributed by atoms with Crippen LogP contribution in [0.1, 0.15) is 66.4 Å². The van der Waals surface area contributed by atoms with E-state index in [1.54, 1.807) is 0 Å². The van der Waals surface area contributed by atoms with Crippen LogP contribution >= 0.6 is 0 Å². The van der Waals surface area contributed by atoms with Crippen LogP contribution in [0.15, 0.2) is 103 Å². The minimum Gasteiger partial charge on any atom is -0.490 e. The van der Waals surface area contributed by atoms with Crippen LogP contribution in [0, 0.1) is 10.8 Å². The zero-order valence-corrected chi connectivity index (χ0v) is 25.8. The van der Waals surface area contributed by atoms with Gasteiger partial charge in [-0.1, -0.05) is 133 Å². The molecule has 41 heavy (non-hydrogen) atoms. The van der Waals surface area contributed by atoms with E-state index in [2.05, 4.69) is 133 Å². The molecule has 0 saturated heterocycles. The fraction of sp³-hybridized carbons (Fsp3) is 0.368. The minimum absolute atomic E-state index is 0.186. The van der Waals surface area contributed by atoms with Gasteiger partial charge in [-0.3, -0.25) is 0 Å². The highest BCUT2D eigenvalue weighted by molar-refractivity contribution is 5.82. The standard InChI is InChI=1S/C38H46O3/c1-28(41-32-23-21-31(22-24-32)35(38(5,6)7)27-37(2,3)4)39-25-26-40-36-33(29-15-10-8-11-16-29)19-14-20-34(36)30-17-12-9-13-18-30/h8-24,28,35H,25-27H2,1-7H3. The molecule has 216 valence electrons. The lowest BCUT2D eigenvalue weighted by atomic mass is 9.69. The summed E-state index contributed by atoms with van der Waals surface area (Å²) in [6, 6.07) is 35.6. The number of hydrogen-bond acceptors (Lipinski definition) is 3. The van der Waals surface area contributed by atoms with Gasteiger partial charge in [0.1, 0.15) is 18.1 Å². The van der Waals surface area contributed by atoms with Crippen LogP contribution in [0.3, 0.4) is 0 Å². The summed E-state index contributed by atoms with van der Waals surface area (Å²) in [7, 11) is 0. The first kappa shape index (κ1) is 30.4. The summed E-state index contributed by atoms with van der Waals surface area (Å²) in [5.74, 6) is 2.15. The first-order chi connectivity index (χ1) is 19.5. The van der Waals surface area contributed by atoms with Crippen LogP contribution in [0.5, 0.6) is 11.5 Å². The Kier molecular flexibility index (Phi) is 9.94. The lowest BCUT2D eigenvalue weighted by molar-refractivity contribution is -0.0738. The maximum Gasteiger partial charge on any atom is 0.197 e. The van der Waals surface area contributed by atoms with Crippen molar-refractivity contribution in [3.8, 4) is 33.8 Å². The fourth-order valence-electron chi connectivity index (χ4n) is 5.28. The SMILES string of the molecule is CC(OCCOc1c(-c2ccccc2)cccc1-c1ccccc1)Oc1ccc(C(CC(C)(C)C)C(C)(C)C)cc1. The van der Waals surface area contributed by atoms with Crippen molar-refractivity contribution in [1.82, 2.24) is 0 Å². The van der Waals surface area contributed by atoms with Gasteiger partial charge in [-0.2, -0.15) is 0 Å². The second-order valence-corrected chi connectivity index (χ2v) is 13.1. The van der Waals surface area contributed by atoms with Crippen molar-refractivity contribution in [2.24, 2.45) is 10.8 Å². The summed E-state index contributed by atoms with van der Waals surface area (Å²) < 4.78 is 18.5. The van der Waals surface area contributed by atoms with Gasteiger partial charge in [0.15, 0.2) is 6.29 Å². The Morgan fingerprint density at radius 1 is 0.610 bits per heavy atom. The predicted molar refractivity (Wildman–Crippen MR) is 172 cm³/mol. The molecule has 4 aromatic carbocycles. The zero-order chi connectivity index (χ0) is 29.5. The van der Waals surface area contributed by atoms with Gasteiger partial charge in [-0.15, -0.1) is 0 Å². The molecule has 0 heterocycles. The van der Waals surface area contributed by atoms with E-state index in [-0.39, 0.29) is 10.8 Å². The van der Waals surface area contributed by atoms with Gasteiger partial charge in [-0.05, 0) is 58.9 Å². The Balaban J connectivity index is 1.38. The second kappa shape index (κ2) is 13.4. The number of ether oxygens (including phenoxy) is 3. The summed E-state index contributed by atoms with van der Waals surface area (Å²) in [6.45, 7) is 16.7. The van der Waals surface area contributed by atoms with Gasteiger partial charge in [0, 0.05) is 11.1 Å². The Hall–Kier alpha value is -3.56. The van der Waals surface area contributed by atoms with Crippen LogP contribution in [0.25, 0.3) is 22.3 Å². The minimum atomic E-state index is -0.393. The lowest BCUT2D eigenvalue weighted by Gasteiger charge is -2.36. The quantitative estimate of drug-likeness (QED) is 0.137. The molecule has 3 nitrogen and oxygen atoms in total. The third kappa shape index (κ3) is 8.71. The molecule has 2 atom stereocenters. The highest BCUT2D eigenvalue weighted by Crippen LogP contribution is 2.43. The van der Waals surface area contributed by atoms with Crippen LogP contribution < -0.4 is 9.47 Å². The Morgan fingerprint density at radius 3 is 1.63 bits per heavy atom. The van der Waals surface area contributed by atoms with Crippen molar-refractivity contribution >= 4 is 0 Å². The first-order valence-corrected chi connectivity index (χ1v) is 14.8. The van der Waals surface area contributed by atoms with E-state index in [1.165, 1.54) is 5.56 Å². The molecule has 0 saturated carbocycles. The molecule has 0 spiro atoms. The molecule has 0 radical (unpaired) electrons. The Labute approximate surface area is 247 Å². The van der Waals surface area contributed by atoms with Gasteiger partial charge in [0.05, 0.1) is 6.61 Å². The Bertz CT molecular complexity index is 1290. The van der Waals surface area contributed by atoms with Gasteiger partial charge < -0.3 is 14.2 Å². The molecule has 0 fully saturated rings. The van der Waals surface area contributed by atoms with E-state index in [4.69, 9.17) is 14.2 Å². The second-order valence-electron chi connectivity index (χ2n) is 13.1. The molecule has 4 aromatic rings. The summed E-state index contributed by atoms with van der Waals surface area (Å²) in [6.07, 6.45) is 0.741. The number of benzene rings is 4. The van der Waals surface area contributed by atoms with Crippen molar-refractivity contribution in [2.45, 2.75) is 67.1 Å².